The van der Waals surface area contributed by atoms with E-state index in [0.717, 1.165) is 5.76 Å². The van der Waals surface area contributed by atoms with Crippen LogP contribution in [-0.4, -0.2) is 12.4 Å². The number of rotatable bonds is 0. The minimum absolute atomic E-state index is 0.113. The van der Waals surface area contributed by atoms with Gasteiger partial charge in [0, 0.05) is 5.41 Å². The molecule has 1 aliphatic heterocycles. The molecule has 0 aromatic heterocycles. The third-order valence-corrected chi connectivity index (χ3v) is 3.68. The summed E-state index contributed by atoms with van der Waals surface area (Å²) >= 11 is 0. The smallest absolute Gasteiger partial charge is 0.176 e. The highest BCUT2D eigenvalue weighted by atomic mass is 16.5. The fourth-order valence-corrected chi connectivity index (χ4v) is 2.44. The van der Waals surface area contributed by atoms with Crippen molar-refractivity contribution in [1.82, 2.24) is 0 Å². The Balaban J connectivity index is 2.23. The maximum Gasteiger partial charge on any atom is 0.176 e. The molecule has 62 valence electrons. The molecule has 3 rings (SSSR count). The molecular formula is C10H11NO. The Morgan fingerprint density at radius 3 is 3.08 bits per heavy atom. The zero-order valence-corrected chi connectivity index (χ0v) is 7.24. The zero-order valence-electron chi connectivity index (χ0n) is 7.24. The van der Waals surface area contributed by atoms with Gasteiger partial charge in [-0.05, 0) is 13.0 Å². The Hall–Kier alpha value is -1.05. The van der Waals surface area contributed by atoms with Crippen LogP contribution in [0.15, 0.2) is 29.0 Å². The van der Waals surface area contributed by atoms with E-state index in [-0.39, 0.29) is 10.8 Å². The first-order chi connectivity index (χ1) is 5.67. The molecule has 0 spiro atoms. The molecule has 2 aliphatic carbocycles. The minimum atomic E-state index is 0.113. The van der Waals surface area contributed by atoms with Crippen molar-refractivity contribution >= 4 is 6.40 Å². The number of hydrogen-bond donors (Lipinski definition) is 0. The molecule has 3 atom stereocenters. The lowest BCUT2D eigenvalue weighted by Crippen LogP contribution is -2.50. The van der Waals surface area contributed by atoms with Gasteiger partial charge in [0.05, 0.1) is 11.5 Å². The molecule has 1 heterocycles. The summed E-state index contributed by atoms with van der Waals surface area (Å²) in [6, 6.07) is 0.302. The monoisotopic (exact) mass is 161 g/mol. The fraction of sp³-hybridized carbons (Fsp3) is 0.500. The van der Waals surface area contributed by atoms with Gasteiger partial charge in [-0.1, -0.05) is 19.1 Å². The summed E-state index contributed by atoms with van der Waals surface area (Å²) < 4.78 is 5.36. The van der Waals surface area contributed by atoms with E-state index in [2.05, 4.69) is 37.1 Å². The van der Waals surface area contributed by atoms with E-state index in [1.807, 2.05) is 0 Å². The molecule has 0 radical (unpaired) electrons. The van der Waals surface area contributed by atoms with Crippen LogP contribution in [0.25, 0.3) is 0 Å². The van der Waals surface area contributed by atoms with E-state index in [4.69, 9.17) is 4.74 Å². The Morgan fingerprint density at radius 1 is 1.50 bits per heavy atom. The van der Waals surface area contributed by atoms with Crippen LogP contribution in [0.4, 0.5) is 0 Å². The van der Waals surface area contributed by atoms with Crippen molar-refractivity contribution in [3.8, 4) is 0 Å². The highest BCUT2D eigenvalue weighted by molar-refractivity contribution is 5.59. The van der Waals surface area contributed by atoms with E-state index in [9.17, 15) is 0 Å². The number of allylic oxidation sites excluding steroid dienone is 2. The predicted octanol–water partition coefficient (Wildman–Crippen LogP) is 1.89. The summed E-state index contributed by atoms with van der Waals surface area (Å²) in [5, 5.41) is 0. The number of ether oxygens (including phenoxy) is 1. The highest BCUT2D eigenvalue weighted by Crippen LogP contribution is 2.63. The van der Waals surface area contributed by atoms with Crippen LogP contribution in [0.1, 0.15) is 13.8 Å². The second-order valence-electron chi connectivity index (χ2n) is 4.17. The van der Waals surface area contributed by atoms with Gasteiger partial charge in [-0.3, -0.25) is 0 Å². The summed E-state index contributed by atoms with van der Waals surface area (Å²) in [6.07, 6.45) is 8.18. The fourth-order valence-electron chi connectivity index (χ4n) is 2.44. The summed E-state index contributed by atoms with van der Waals surface area (Å²) in [6.45, 7) is 4.46. The maximum absolute atomic E-state index is 5.36. The van der Waals surface area contributed by atoms with Crippen molar-refractivity contribution in [2.45, 2.75) is 19.9 Å². The molecule has 0 saturated heterocycles. The van der Waals surface area contributed by atoms with Crippen molar-refractivity contribution < 1.29 is 4.74 Å². The van der Waals surface area contributed by atoms with Crippen LogP contribution in [0.2, 0.25) is 0 Å². The van der Waals surface area contributed by atoms with Crippen molar-refractivity contribution in [3.63, 3.8) is 0 Å². The second kappa shape index (κ2) is 1.51. The number of nitrogens with zero attached hydrogens (tertiary/aromatic N) is 1. The second-order valence-corrected chi connectivity index (χ2v) is 4.17. The first-order valence-electron chi connectivity index (χ1n) is 4.28. The normalized spacial score (nSPS) is 52.5. The molecule has 0 amide bonds. The maximum atomic E-state index is 5.36. The summed E-state index contributed by atoms with van der Waals surface area (Å²) in [7, 11) is 0. The van der Waals surface area contributed by atoms with Crippen molar-refractivity contribution in [2.75, 3.05) is 0 Å². The van der Waals surface area contributed by atoms with Crippen molar-refractivity contribution in [3.05, 3.63) is 24.0 Å². The SMILES string of the molecule is CC12C=CC3N=COC(=C1)C32C. The summed E-state index contributed by atoms with van der Waals surface area (Å²) in [4.78, 5) is 4.31. The molecule has 3 aliphatic rings. The van der Waals surface area contributed by atoms with E-state index >= 15 is 0 Å². The molecule has 0 bridgehead atoms. The average Bonchev–Trinajstić information content (AvgIpc) is 2.30. The van der Waals surface area contributed by atoms with Gasteiger partial charge in [0.15, 0.2) is 6.40 Å². The predicted molar refractivity (Wildman–Crippen MR) is 46.8 cm³/mol. The molecule has 0 aromatic rings. The van der Waals surface area contributed by atoms with Gasteiger partial charge in [-0.2, -0.15) is 0 Å². The van der Waals surface area contributed by atoms with E-state index in [1.165, 1.54) is 0 Å². The Morgan fingerprint density at radius 2 is 2.33 bits per heavy atom. The minimum Gasteiger partial charge on any atom is -0.450 e. The van der Waals surface area contributed by atoms with Gasteiger partial charge < -0.3 is 4.74 Å². The van der Waals surface area contributed by atoms with Gasteiger partial charge in [-0.25, -0.2) is 4.99 Å². The van der Waals surface area contributed by atoms with E-state index in [0.29, 0.717) is 6.04 Å². The summed E-state index contributed by atoms with van der Waals surface area (Å²) in [5.41, 5.74) is 0.298. The Kier molecular flexibility index (Phi) is 0.815. The standard InChI is InChI=1S/C10H11NO/c1-9-4-3-7-10(9,2)8(5-9)12-6-11-7/h3-7H,1-2H3. The van der Waals surface area contributed by atoms with Gasteiger partial charge in [0.2, 0.25) is 0 Å². The highest BCUT2D eigenvalue weighted by Gasteiger charge is 2.61. The van der Waals surface area contributed by atoms with Crippen LogP contribution in [0.5, 0.6) is 0 Å². The zero-order chi connectivity index (χ0) is 8.40. The average molecular weight is 161 g/mol. The van der Waals surface area contributed by atoms with Gasteiger partial charge in [-0.15, -0.1) is 0 Å². The third kappa shape index (κ3) is 0.414. The molecule has 12 heavy (non-hydrogen) atoms. The lowest BCUT2D eigenvalue weighted by molar-refractivity contribution is 0.0835. The first-order valence-corrected chi connectivity index (χ1v) is 4.28. The van der Waals surface area contributed by atoms with Gasteiger partial charge in [0.1, 0.15) is 5.76 Å². The molecule has 0 aromatic carbocycles. The number of hydrogen-bond acceptors (Lipinski definition) is 2. The number of aliphatic imine (C=N–C) groups is 1. The van der Waals surface area contributed by atoms with Gasteiger partial charge in [0.25, 0.3) is 0 Å². The van der Waals surface area contributed by atoms with E-state index < -0.39 is 0 Å². The third-order valence-electron chi connectivity index (χ3n) is 3.68. The van der Waals surface area contributed by atoms with Crippen LogP contribution in [0, 0.1) is 10.8 Å². The molecule has 2 nitrogen and oxygen atoms in total. The van der Waals surface area contributed by atoms with E-state index in [1.54, 1.807) is 6.40 Å². The first kappa shape index (κ1) is 6.46. The van der Waals surface area contributed by atoms with Crippen molar-refractivity contribution in [2.24, 2.45) is 15.8 Å². The molecular weight excluding hydrogens is 150 g/mol. The topological polar surface area (TPSA) is 21.6 Å². The van der Waals surface area contributed by atoms with Crippen LogP contribution in [0.3, 0.4) is 0 Å². The lowest BCUT2D eigenvalue weighted by atomic mass is 9.56. The Labute approximate surface area is 71.6 Å². The lowest BCUT2D eigenvalue weighted by Gasteiger charge is -2.51. The van der Waals surface area contributed by atoms with Crippen LogP contribution < -0.4 is 0 Å². The van der Waals surface area contributed by atoms with Crippen LogP contribution in [-0.2, 0) is 4.74 Å². The molecule has 2 heteroatoms. The van der Waals surface area contributed by atoms with Crippen LogP contribution >= 0.6 is 0 Å². The van der Waals surface area contributed by atoms with Gasteiger partial charge >= 0.3 is 0 Å². The quantitative estimate of drug-likeness (QED) is 0.497. The molecule has 0 fully saturated rings. The molecule has 3 unspecified atom stereocenters. The molecule has 0 N–H and O–H groups in total. The summed E-state index contributed by atoms with van der Waals surface area (Å²) in [5.74, 6) is 1.09. The largest absolute Gasteiger partial charge is 0.450 e. The Bertz CT molecular complexity index is 342. The van der Waals surface area contributed by atoms with Crippen molar-refractivity contribution in [1.29, 1.82) is 0 Å². The molecule has 0 saturated carbocycles.